The van der Waals surface area contributed by atoms with E-state index in [1.807, 2.05) is 19.1 Å². The minimum atomic E-state index is -0.951. The standard InChI is InChI=1S/C16H19ClN2O2/c1-12(13-3-5-14(17)6-4-13)19(2)15(20)16(11-18)7-9-21-10-8-16/h3-6,12H,7-10H2,1-2H3. The van der Waals surface area contributed by atoms with Gasteiger partial charge in [-0.05, 0) is 37.5 Å². The first-order valence-corrected chi connectivity index (χ1v) is 7.40. The first kappa shape index (κ1) is 15.8. The van der Waals surface area contributed by atoms with Gasteiger partial charge in [-0.15, -0.1) is 0 Å². The van der Waals surface area contributed by atoms with Crippen LogP contribution in [0.25, 0.3) is 0 Å². The lowest BCUT2D eigenvalue weighted by Crippen LogP contribution is -2.45. The van der Waals surface area contributed by atoms with Crippen LogP contribution in [0.15, 0.2) is 24.3 Å². The average molecular weight is 307 g/mol. The van der Waals surface area contributed by atoms with Crippen molar-refractivity contribution in [2.75, 3.05) is 20.3 Å². The van der Waals surface area contributed by atoms with Gasteiger partial charge in [0, 0.05) is 25.3 Å². The zero-order valence-electron chi connectivity index (χ0n) is 12.3. The first-order chi connectivity index (χ1) is 10.00. The lowest BCUT2D eigenvalue weighted by atomic mass is 9.80. The highest BCUT2D eigenvalue weighted by Crippen LogP contribution is 2.34. The quantitative estimate of drug-likeness (QED) is 0.862. The molecule has 4 nitrogen and oxygen atoms in total. The summed E-state index contributed by atoms with van der Waals surface area (Å²) >= 11 is 5.89. The number of nitrogens with zero attached hydrogens (tertiary/aromatic N) is 2. The molecule has 1 fully saturated rings. The van der Waals surface area contributed by atoms with Gasteiger partial charge in [0.2, 0.25) is 5.91 Å². The van der Waals surface area contributed by atoms with Crippen LogP contribution in [-0.4, -0.2) is 31.1 Å². The van der Waals surface area contributed by atoms with Crippen molar-refractivity contribution in [1.29, 1.82) is 5.26 Å². The topological polar surface area (TPSA) is 53.3 Å². The van der Waals surface area contributed by atoms with Gasteiger partial charge in [0.05, 0.1) is 12.1 Å². The zero-order chi connectivity index (χ0) is 15.5. The van der Waals surface area contributed by atoms with Gasteiger partial charge >= 0.3 is 0 Å². The third-order valence-electron chi connectivity index (χ3n) is 4.22. The molecule has 1 atom stereocenters. The maximum atomic E-state index is 12.8. The molecule has 1 aromatic carbocycles. The van der Waals surface area contributed by atoms with Crippen LogP contribution in [-0.2, 0) is 9.53 Å². The van der Waals surface area contributed by atoms with E-state index in [0.717, 1.165) is 5.56 Å². The summed E-state index contributed by atoms with van der Waals surface area (Å²) in [6.07, 6.45) is 0.917. The molecule has 2 rings (SSSR count). The highest BCUT2D eigenvalue weighted by Gasteiger charge is 2.43. The number of halogens is 1. The van der Waals surface area contributed by atoms with Crippen LogP contribution in [0.1, 0.15) is 31.4 Å². The van der Waals surface area contributed by atoms with E-state index in [0.29, 0.717) is 31.1 Å². The van der Waals surface area contributed by atoms with Gasteiger partial charge in [-0.25, -0.2) is 0 Å². The first-order valence-electron chi connectivity index (χ1n) is 7.02. The summed E-state index contributed by atoms with van der Waals surface area (Å²) in [5.41, 5.74) is 0.0450. The van der Waals surface area contributed by atoms with Gasteiger partial charge in [0.15, 0.2) is 0 Å². The molecule has 0 aromatic heterocycles. The van der Waals surface area contributed by atoms with E-state index in [2.05, 4.69) is 6.07 Å². The number of hydrogen-bond donors (Lipinski definition) is 0. The van der Waals surface area contributed by atoms with Crippen LogP contribution in [0, 0.1) is 16.7 Å². The second-order valence-electron chi connectivity index (χ2n) is 5.45. The number of ether oxygens (including phenoxy) is 1. The third-order valence-corrected chi connectivity index (χ3v) is 4.48. The second-order valence-corrected chi connectivity index (χ2v) is 5.89. The molecule has 1 amide bonds. The summed E-state index contributed by atoms with van der Waals surface area (Å²) in [6, 6.07) is 9.53. The molecule has 0 N–H and O–H groups in total. The van der Waals surface area contributed by atoms with E-state index in [9.17, 15) is 10.1 Å². The summed E-state index contributed by atoms with van der Waals surface area (Å²) in [6.45, 7) is 2.87. The minimum absolute atomic E-state index is 0.108. The molecule has 112 valence electrons. The van der Waals surface area contributed by atoms with Gasteiger partial charge in [0.1, 0.15) is 5.41 Å². The Morgan fingerprint density at radius 1 is 1.38 bits per heavy atom. The summed E-state index contributed by atoms with van der Waals surface area (Å²) in [7, 11) is 1.75. The molecule has 0 aliphatic carbocycles. The van der Waals surface area contributed by atoms with E-state index in [-0.39, 0.29) is 11.9 Å². The Morgan fingerprint density at radius 2 is 1.95 bits per heavy atom. The fourth-order valence-corrected chi connectivity index (χ4v) is 2.70. The molecule has 0 spiro atoms. The average Bonchev–Trinajstić information content (AvgIpc) is 2.54. The van der Waals surface area contributed by atoms with Crippen molar-refractivity contribution >= 4 is 17.5 Å². The highest BCUT2D eigenvalue weighted by atomic mass is 35.5. The summed E-state index contributed by atoms with van der Waals surface area (Å²) in [5, 5.41) is 10.1. The number of amides is 1. The van der Waals surface area contributed by atoms with Crippen molar-refractivity contribution in [2.45, 2.75) is 25.8 Å². The Kier molecular flexibility index (Phi) is 4.87. The van der Waals surface area contributed by atoms with Gasteiger partial charge in [0.25, 0.3) is 0 Å². The molecule has 5 heteroatoms. The van der Waals surface area contributed by atoms with Crippen LogP contribution in [0.5, 0.6) is 0 Å². The van der Waals surface area contributed by atoms with Gasteiger partial charge in [-0.1, -0.05) is 23.7 Å². The number of rotatable bonds is 3. The molecule has 1 aliphatic heterocycles. The maximum Gasteiger partial charge on any atom is 0.243 e. The Hall–Kier alpha value is -1.57. The maximum absolute atomic E-state index is 12.8. The smallest absolute Gasteiger partial charge is 0.243 e. The van der Waals surface area contributed by atoms with Gasteiger partial charge < -0.3 is 9.64 Å². The highest BCUT2D eigenvalue weighted by molar-refractivity contribution is 6.30. The van der Waals surface area contributed by atoms with Crippen molar-refractivity contribution in [2.24, 2.45) is 5.41 Å². The van der Waals surface area contributed by atoms with Crippen LogP contribution < -0.4 is 0 Å². The van der Waals surface area contributed by atoms with Crippen molar-refractivity contribution in [3.63, 3.8) is 0 Å². The number of hydrogen-bond acceptors (Lipinski definition) is 3. The normalized spacial score (nSPS) is 18.6. The molecule has 1 aliphatic rings. The molecule has 0 radical (unpaired) electrons. The molecule has 0 saturated carbocycles. The molecule has 1 heterocycles. The number of carbonyl (C=O) groups is 1. The van der Waals surface area contributed by atoms with Crippen molar-refractivity contribution in [3.05, 3.63) is 34.9 Å². The SMILES string of the molecule is CC(c1ccc(Cl)cc1)N(C)C(=O)C1(C#N)CCOCC1. The predicted octanol–water partition coefficient (Wildman–Crippen LogP) is 3.18. The van der Waals surface area contributed by atoms with E-state index in [1.54, 1.807) is 24.1 Å². The van der Waals surface area contributed by atoms with Crippen LogP contribution in [0.3, 0.4) is 0 Å². The van der Waals surface area contributed by atoms with Crippen molar-refractivity contribution in [1.82, 2.24) is 4.90 Å². The predicted molar refractivity (Wildman–Crippen MR) is 80.7 cm³/mol. The van der Waals surface area contributed by atoms with Crippen LogP contribution in [0.2, 0.25) is 5.02 Å². The largest absolute Gasteiger partial charge is 0.381 e. The molecule has 1 saturated heterocycles. The summed E-state index contributed by atoms with van der Waals surface area (Å²) < 4.78 is 5.28. The lowest BCUT2D eigenvalue weighted by molar-refractivity contribution is -0.144. The Bertz CT molecular complexity index is 544. The molecule has 1 unspecified atom stereocenters. The second kappa shape index (κ2) is 6.46. The van der Waals surface area contributed by atoms with Crippen LogP contribution in [0.4, 0.5) is 0 Å². The Morgan fingerprint density at radius 3 is 2.48 bits per heavy atom. The van der Waals surface area contributed by atoms with E-state index in [4.69, 9.17) is 16.3 Å². The fraction of sp³-hybridized carbons (Fsp3) is 0.500. The monoisotopic (exact) mass is 306 g/mol. The van der Waals surface area contributed by atoms with Crippen molar-refractivity contribution < 1.29 is 9.53 Å². The number of benzene rings is 1. The summed E-state index contributed by atoms with van der Waals surface area (Å²) in [4.78, 5) is 14.4. The van der Waals surface area contributed by atoms with Gasteiger partial charge in [-0.2, -0.15) is 5.26 Å². The fourth-order valence-electron chi connectivity index (χ4n) is 2.57. The van der Waals surface area contributed by atoms with E-state index >= 15 is 0 Å². The molecular formula is C16H19ClN2O2. The molecule has 21 heavy (non-hydrogen) atoms. The van der Waals surface area contributed by atoms with Crippen molar-refractivity contribution in [3.8, 4) is 6.07 Å². The molecule has 1 aromatic rings. The minimum Gasteiger partial charge on any atom is -0.381 e. The number of nitriles is 1. The van der Waals surface area contributed by atoms with E-state index < -0.39 is 5.41 Å². The summed E-state index contributed by atoms with van der Waals surface area (Å²) in [5.74, 6) is -0.129. The molecule has 0 bridgehead atoms. The Labute approximate surface area is 130 Å². The van der Waals surface area contributed by atoms with E-state index in [1.165, 1.54) is 0 Å². The van der Waals surface area contributed by atoms with Crippen LogP contribution >= 0.6 is 11.6 Å². The Balaban J connectivity index is 2.18. The van der Waals surface area contributed by atoms with Gasteiger partial charge in [-0.3, -0.25) is 4.79 Å². The zero-order valence-corrected chi connectivity index (χ0v) is 13.1. The third kappa shape index (κ3) is 3.20. The molecular weight excluding hydrogens is 288 g/mol. The number of carbonyl (C=O) groups excluding carboxylic acids is 1. The lowest BCUT2D eigenvalue weighted by Gasteiger charge is -2.35.